The fourth-order valence-corrected chi connectivity index (χ4v) is 2.44. The van der Waals surface area contributed by atoms with Crippen LogP contribution in [-0.2, 0) is 0 Å². The van der Waals surface area contributed by atoms with Crippen molar-refractivity contribution in [2.75, 3.05) is 0 Å². The normalized spacial score (nSPS) is 12.5. The Bertz CT molecular complexity index is 734. The Morgan fingerprint density at radius 2 is 2.05 bits per heavy atom. The van der Waals surface area contributed by atoms with Gasteiger partial charge in [-0.1, -0.05) is 18.2 Å². The second-order valence-electron chi connectivity index (χ2n) is 4.80. The standard InChI is InChI=1S/C16H16N4/c1-11-5-8-19-15(9-11)16(20-17)13-4-2-3-12-6-7-18-10-14(12)13/h2-10,16,20H,17H2,1H3. The molecule has 4 heteroatoms. The van der Waals surface area contributed by atoms with Gasteiger partial charge in [0, 0.05) is 24.0 Å². The minimum atomic E-state index is -0.150. The van der Waals surface area contributed by atoms with E-state index < -0.39 is 0 Å². The third-order valence-corrected chi connectivity index (χ3v) is 3.43. The van der Waals surface area contributed by atoms with Crippen molar-refractivity contribution < 1.29 is 0 Å². The van der Waals surface area contributed by atoms with E-state index in [1.807, 2.05) is 37.4 Å². The van der Waals surface area contributed by atoms with Crippen LogP contribution in [0, 0.1) is 6.92 Å². The molecule has 20 heavy (non-hydrogen) atoms. The Balaban J connectivity index is 2.17. The quantitative estimate of drug-likeness (QED) is 0.563. The first-order chi connectivity index (χ1) is 9.79. The maximum atomic E-state index is 5.77. The lowest BCUT2D eigenvalue weighted by molar-refractivity contribution is 0.624. The van der Waals surface area contributed by atoms with Gasteiger partial charge in [0.05, 0.1) is 11.7 Å². The molecule has 0 saturated heterocycles. The molecule has 0 aliphatic carbocycles. The summed E-state index contributed by atoms with van der Waals surface area (Å²) in [6.45, 7) is 2.05. The van der Waals surface area contributed by atoms with Crippen LogP contribution in [0.4, 0.5) is 0 Å². The predicted molar refractivity (Wildman–Crippen MR) is 79.9 cm³/mol. The van der Waals surface area contributed by atoms with Crippen LogP contribution in [-0.4, -0.2) is 9.97 Å². The fourth-order valence-electron chi connectivity index (χ4n) is 2.44. The Morgan fingerprint density at radius 3 is 2.85 bits per heavy atom. The van der Waals surface area contributed by atoms with E-state index in [1.165, 1.54) is 0 Å². The average Bonchev–Trinajstić information content (AvgIpc) is 2.48. The highest BCUT2D eigenvalue weighted by molar-refractivity contribution is 5.85. The summed E-state index contributed by atoms with van der Waals surface area (Å²) < 4.78 is 0. The van der Waals surface area contributed by atoms with Gasteiger partial charge in [0.2, 0.25) is 0 Å². The van der Waals surface area contributed by atoms with Crippen LogP contribution >= 0.6 is 0 Å². The minimum absolute atomic E-state index is 0.150. The highest BCUT2D eigenvalue weighted by Gasteiger charge is 2.16. The Labute approximate surface area is 117 Å². The number of aryl methyl sites for hydroxylation is 1. The Morgan fingerprint density at radius 1 is 1.15 bits per heavy atom. The van der Waals surface area contributed by atoms with Crippen molar-refractivity contribution in [1.82, 2.24) is 15.4 Å². The number of nitrogens with one attached hydrogen (secondary N) is 1. The summed E-state index contributed by atoms with van der Waals surface area (Å²) in [4.78, 5) is 8.64. The lowest BCUT2D eigenvalue weighted by atomic mass is 9.97. The van der Waals surface area contributed by atoms with E-state index in [9.17, 15) is 0 Å². The van der Waals surface area contributed by atoms with Gasteiger partial charge in [-0.05, 0) is 41.6 Å². The molecule has 3 rings (SSSR count). The molecule has 0 aliphatic heterocycles. The van der Waals surface area contributed by atoms with Crippen LogP contribution in [0.1, 0.15) is 22.9 Å². The number of nitrogens with two attached hydrogens (primary N) is 1. The molecule has 3 N–H and O–H groups in total. The fraction of sp³-hybridized carbons (Fsp3) is 0.125. The Hall–Kier alpha value is -2.30. The van der Waals surface area contributed by atoms with Gasteiger partial charge in [-0.25, -0.2) is 5.43 Å². The summed E-state index contributed by atoms with van der Waals surface area (Å²) in [5.74, 6) is 5.77. The van der Waals surface area contributed by atoms with Crippen molar-refractivity contribution in [2.24, 2.45) is 5.84 Å². The highest BCUT2D eigenvalue weighted by atomic mass is 15.2. The zero-order valence-electron chi connectivity index (χ0n) is 11.2. The topological polar surface area (TPSA) is 63.8 Å². The molecule has 0 saturated carbocycles. The summed E-state index contributed by atoms with van der Waals surface area (Å²) in [6, 6.07) is 12.0. The van der Waals surface area contributed by atoms with E-state index in [0.717, 1.165) is 27.6 Å². The first-order valence-corrected chi connectivity index (χ1v) is 6.51. The van der Waals surface area contributed by atoms with E-state index in [-0.39, 0.29) is 6.04 Å². The molecule has 1 atom stereocenters. The van der Waals surface area contributed by atoms with Crippen molar-refractivity contribution >= 4 is 10.8 Å². The summed E-state index contributed by atoms with van der Waals surface area (Å²) >= 11 is 0. The molecule has 2 heterocycles. The number of hydrazine groups is 1. The van der Waals surface area contributed by atoms with Gasteiger partial charge >= 0.3 is 0 Å². The molecule has 0 bridgehead atoms. The molecule has 0 spiro atoms. The lowest BCUT2D eigenvalue weighted by Gasteiger charge is -2.18. The van der Waals surface area contributed by atoms with Crippen molar-refractivity contribution in [3.63, 3.8) is 0 Å². The van der Waals surface area contributed by atoms with Crippen LogP contribution in [0.15, 0.2) is 55.0 Å². The van der Waals surface area contributed by atoms with Gasteiger partial charge in [0.25, 0.3) is 0 Å². The van der Waals surface area contributed by atoms with E-state index in [0.29, 0.717) is 0 Å². The van der Waals surface area contributed by atoms with Gasteiger partial charge in [-0.3, -0.25) is 15.8 Å². The second-order valence-corrected chi connectivity index (χ2v) is 4.80. The molecule has 1 aromatic carbocycles. The highest BCUT2D eigenvalue weighted by Crippen LogP contribution is 2.27. The van der Waals surface area contributed by atoms with Crippen molar-refractivity contribution in [3.8, 4) is 0 Å². The SMILES string of the molecule is Cc1ccnc(C(NN)c2cccc3ccncc23)c1. The van der Waals surface area contributed by atoms with Gasteiger partial charge in [-0.2, -0.15) is 0 Å². The van der Waals surface area contributed by atoms with Gasteiger partial charge in [0.1, 0.15) is 0 Å². The second kappa shape index (κ2) is 5.36. The number of benzene rings is 1. The summed E-state index contributed by atoms with van der Waals surface area (Å²) in [5.41, 5.74) is 6.01. The van der Waals surface area contributed by atoms with Crippen LogP contribution in [0.2, 0.25) is 0 Å². The van der Waals surface area contributed by atoms with E-state index in [4.69, 9.17) is 5.84 Å². The number of fused-ring (bicyclic) bond motifs is 1. The minimum Gasteiger partial charge on any atom is -0.271 e. The summed E-state index contributed by atoms with van der Waals surface area (Å²) in [6.07, 6.45) is 5.46. The molecule has 4 nitrogen and oxygen atoms in total. The van der Waals surface area contributed by atoms with Crippen LogP contribution in [0.3, 0.4) is 0 Å². The van der Waals surface area contributed by atoms with Crippen LogP contribution in [0.5, 0.6) is 0 Å². The number of hydrogen-bond acceptors (Lipinski definition) is 4. The zero-order valence-corrected chi connectivity index (χ0v) is 11.2. The molecule has 2 aromatic heterocycles. The van der Waals surface area contributed by atoms with Crippen molar-refractivity contribution in [3.05, 3.63) is 71.8 Å². The maximum absolute atomic E-state index is 5.77. The number of rotatable bonds is 3. The molecular weight excluding hydrogens is 248 g/mol. The summed E-state index contributed by atoms with van der Waals surface area (Å²) in [5, 5.41) is 2.23. The molecular formula is C16H16N4. The predicted octanol–water partition coefficient (Wildman–Crippen LogP) is 2.49. The van der Waals surface area contributed by atoms with Gasteiger partial charge < -0.3 is 0 Å². The molecule has 100 valence electrons. The average molecular weight is 264 g/mol. The molecule has 0 fully saturated rings. The lowest BCUT2D eigenvalue weighted by Crippen LogP contribution is -2.29. The largest absolute Gasteiger partial charge is 0.271 e. The van der Waals surface area contributed by atoms with Crippen LogP contribution < -0.4 is 11.3 Å². The number of pyridine rings is 2. The first-order valence-electron chi connectivity index (χ1n) is 6.51. The zero-order chi connectivity index (χ0) is 13.9. The Kier molecular flexibility index (Phi) is 3.41. The molecule has 0 radical (unpaired) electrons. The number of hydrogen-bond donors (Lipinski definition) is 2. The first kappa shape index (κ1) is 12.7. The third-order valence-electron chi connectivity index (χ3n) is 3.43. The van der Waals surface area contributed by atoms with Crippen LogP contribution in [0.25, 0.3) is 10.8 Å². The number of nitrogens with zero attached hydrogens (tertiary/aromatic N) is 2. The maximum Gasteiger partial charge on any atom is 0.0888 e. The van der Waals surface area contributed by atoms with E-state index >= 15 is 0 Å². The van der Waals surface area contributed by atoms with E-state index in [1.54, 1.807) is 12.4 Å². The molecule has 1 unspecified atom stereocenters. The van der Waals surface area contributed by atoms with Crippen molar-refractivity contribution in [1.29, 1.82) is 0 Å². The summed E-state index contributed by atoms with van der Waals surface area (Å²) in [7, 11) is 0. The van der Waals surface area contributed by atoms with Gasteiger partial charge in [0.15, 0.2) is 0 Å². The van der Waals surface area contributed by atoms with Crippen molar-refractivity contribution in [2.45, 2.75) is 13.0 Å². The van der Waals surface area contributed by atoms with Gasteiger partial charge in [-0.15, -0.1) is 0 Å². The monoisotopic (exact) mass is 264 g/mol. The molecule has 3 aromatic rings. The number of aromatic nitrogens is 2. The smallest absolute Gasteiger partial charge is 0.0888 e. The third kappa shape index (κ3) is 2.27. The molecule has 0 amide bonds. The van der Waals surface area contributed by atoms with E-state index in [2.05, 4.69) is 27.5 Å². The molecule has 0 aliphatic rings.